The molecule has 0 fully saturated rings. The maximum absolute atomic E-state index is 13.4. The highest BCUT2D eigenvalue weighted by Gasteiger charge is 2.09. The van der Waals surface area contributed by atoms with Crippen molar-refractivity contribution in [3.8, 4) is 0 Å². The first kappa shape index (κ1) is 12.1. The smallest absolute Gasteiger partial charge is 0.191 e. The van der Waals surface area contributed by atoms with Gasteiger partial charge in [-0.1, -0.05) is 30.0 Å². The van der Waals surface area contributed by atoms with Gasteiger partial charge in [-0.2, -0.15) is 0 Å². The zero-order chi connectivity index (χ0) is 12.3. The average molecular weight is 251 g/mol. The van der Waals surface area contributed by atoms with Gasteiger partial charge in [0.05, 0.1) is 0 Å². The van der Waals surface area contributed by atoms with Gasteiger partial charge in [-0.25, -0.2) is 4.39 Å². The molecule has 0 aliphatic carbocycles. The molecular weight excluding hydrogens is 237 g/mol. The van der Waals surface area contributed by atoms with Crippen LogP contribution in [0.5, 0.6) is 0 Å². The van der Waals surface area contributed by atoms with E-state index in [2.05, 4.69) is 24.0 Å². The minimum absolute atomic E-state index is 0.171. The molecule has 1 aromatic carbocycles. The van der Waals surface area contributed by atoms with Crippen LogP contribution in [-0.4, -0.2) is 14.8 Å². The first-order valence-electron chi connectivity index (χ1n) is 5.44. The van der Waals surface area contributed by atoms with E-state index in [-0.39, 0.29) is 5.82 Å². The predicted molar refractivity (Wildman–Crippen MR) is 66.4 cm³/mol. The second-order valence-corrected chi connectivity index (χ2v) is 4.94. The van der Waals surface area contributed by atoms with Crippen molar-refractivity contribution >= 4 is 11.8 Å². The Balaban J connectivity index is 2.08. The molecule has 3 nitrogen and oxygen atoms in total. The van der Waals surface area contributed by atoms with Crippen LogP contribution in [0.1, 0.15) is 25.5 Å². The molecule has 0 N–H and O–H groups in total. The summed E-state index contributed by atoms with van der Waals surface area (Å²) in [6.07, 6.45) is 1.70. The molecule has 0 saturated heterocycles. The number of hydrogen-bond donors (Lipinski definition) is 0. The van der Waals surface area contributed by atoms with E-state index in [9.17, 15) is 4.39 Å². The molecule has 1 heterocycles. The Kier molecular flexibility index (Phi) is 3.78. The van der Waals surface area contributed by atoms with Gasteiger partial charge in [0.2, 0.25) is 0 Å². The zero-order valence-corrected chi connectivity index (χ0v) is 10.6. The van der Waals surface area contributed by atoms with Gasteiger partial charge in [0.15, 0.2) is 5.16 Å². The van der Waals surface area contributed by atoms with Gasteiger partial charge in [0, 0.05) is 11.8 Å². The largest absolute Gasteiger partial charge is 0.306 e. The number of thioether (sulfide) groups is 1. The molecular formula is C12H14FN3S. The molecule has 1 aromatic heterocycles. The highest BCUT2D eigenvalue weighted by Crippen LogP contribution is 2.23. The van der Waals surface area contributed by atoms with Gasteiger partial charge in [0.25, 0.3) is 0 Å². The van der Waals surface area contributed by atoms with Crippen molar-refractivity contribution in [1.82, 2.24) is 14.8 Å². The highest BCUT2D eigenvalue weighted by molar-refractivity contribution is 7.98. The van der Waals surface area contributed by atoms with Crippen molar-refractivity contribution in [3.05, 3.63) is 42.0 Å². The molecule has 0 amide bonds. The second-order valence-electron chi connectivity index (χ2n) is 3.99. The second kappa shape index (κ2) is 5.31. The summed E-state index contributed by atoms with van der Waals surface area (Å²) >= 11 is 1.50. The van der Waals surface area contributed by atoms with Crippen molar-refractivity contribution < 1.29 is 4.39 Å². The summed E-state index contributed by atoms with van der Waals surface area (Å²) in [6, 6.07) is 7.11. The predicted octanol–water partition coefficient (Wildman–Crippen LogP) is 3.29. The van der Waals surface area contributed by atoms with E-state index < -0.39 is 0 Å². The van der Waals surface area contributed by atoms with Crippen LogP contribution in [-0.2, 0) is 5.75 Å². The summed E-state index contributed by atoms with van der Waals surface area (Å²) in [7, 11) is 0. The molecule has 2 rings (SSSR count). The topological polar surface area (TPSA) is 30.7 Å². The minimum Gasteiger partial charge on any atom is -0.306 e. The normalized spacial score (nSPS) is 11.1. The van der Waals surface area contributed by atoms with E-state index in [0.717, 1.165) is 5.16 Å². The van der Waals surface area contributed by atoms with Crippen LogP contribution in [0, 0.1) is 5.82 Å². The van der Waals surface area contributed by atoms with Gasteiger partial charge >= 0.3 is 0 Å². The van der Waals surface area contributed by atoms with Crippen LogP contribution >= 0.6 is 11.8 Å². The lowest BCUT2D eigenvalue weighted by molar-refractivity contribution is 0.549. The van der Waals surface area contributed by atoms with Crippen molar-refractivity contribution in [3.63, 3.8) is 0 Å². The molecule has 0 unspecified atom stereocenters. The van der Waals surface area contributed by atoms with Crippen molar-refractivity contribution in [2.45, 2.75) is 30.8 Å². The molecule has 0 atom stereocenters. The van der Waals surface area contributed by atoms with Crippen LogP contribution in [0.15, 0.2) is 35.7 Å². The SMILES string of the molecule is CC(C)n1cnnc1SCc1ccccc1F. The lowest BCUT2D eigenvalue weighted by atomic mass is 10.2. The molecule has 2 aromatic rings. The third-order valence-electron chi connectivity index (χ3n) is 2.41. The van der Waals surface area contributed by atoms with Gasteiger partial charge in [0.1, 0.15) is 12.1 Å². The Morgan fingerprint density at radius 1 is 1.35 bits per heavy atom. The van der Waals surface area contributed by atoms with Crippen molar-refractivity contribution in [2.75, 3.05) is 0 Å². The molecule has 0 spiro atoms. The Hall–Kier alpha value is -1.36. The summed E-state index contributed by atoms with van der Waals surface area (Å²) in [5.74, 6) is 0.397. The fourth-order valence-corrected chi connectivity index (χ4v) is 2.48. The molecule has 0 bridgehead atoms. The number of benzene rings is 1. The lowest BCUT2D eigenvalue weighted by Gasteiger charge is -2.09. The molecule has 5 heteroatoms. The standard InChI is InChI=1S/C12H14FN3S/c1-9(2)16-8-14-15-12(16)17-7-10-5-3-4-6-11(10)13/h3-6,8-9H,7H2,1-2H3. The monoisotopic (exact) mass is 251 g/mol. The van der Waals surface area contributed by atoms with Crippen LogP contribution in [0.4, 0.5) is 4.39 Å². The van der Waals surface area contributed by atoms with Gasteiger partial charge in [-0.15, -0.1) is 10.2 Å². The maximum atomic E-state index is 13.4. The lowest BCUT2D eigenvalue weighted by Crippen LogP contribution is -2.01. The molecule has 17 heavy (non-hydrogen) atoms. The quantitative estimate of drug-likeness (QED) is 0.781. The third kappa shape index (κ3) is 2.85. The first-order chi connectivity index (χ1) is 8.18. The summed E-state index contributed by atoms with van der Waals surface area (Å²) in [4.78, 5) is 0. The van der Waals surface area contributed by atoms with Crippen LogP contribution in [0.2, 0.25) is 0 Å². The highest BCUT2D eigenvalue weighted by atomic mass is 32.2. The van der Waals surface area contributed by atoms with Crippen LogP contribution in [0.25, 0.3) is 0 Å². The van der Waals surface area contributed by atoms with Crippen molar-refractivity contribution in [1.29, 1.82) is 0 Å². The van der Waals surface area contributed by atoms with Crippen LogP contribution < -0.4 is 0 Å². The molecule has 0 aliphatic rings. The summed E-state index contributed by atoms with van der Waals surface area (Å²) in [5.41, 5.74) is 0.691. The third-order valence-corrected chi connectivity index (χ3v) is 3.42. The van der Waals surface area contributed by atoms with Gasteiger partial charge in [-0.05, 0) is 25.5 Å². The minimum atomic E-state index is -0.171. The van der Waals surface area contributed by atoms with E-state index >= 15 is 0 Å². The first-order valence-corrected chi connectivity index (χ1v) is 6.42. The summed E-state index contributed by atoms with van der Waals surface area (Å²) in [5, 5.41) is 8.73. The Labute approximate surface area is 104 Å². The zero-order valence-electron chi connectivity index (χ0n) is 9.80. The van der Waals surface area contributed by atoms with Crippen molar-refractivity contribution in [2.24, 2.45) is 0 Å². The van der Waals surface area contributed by atoms with E-state index in [1.165, 1.54) is 17.8 Å². The molecule has 0 aliphatic heterocycles. The number of nitrogens with zero attached hydrogens (tertiary/aromatic N) is 3. The van der Waals surface area contributed by atoms with Crippen LogP contribution in [0.3, 0.4) is 0 Å². The number of hydrogen-bond acceptors (Lipinski definition) is 3. The Morgan fingerprint density at radius 3 is 2.82 bits per heavy atom. The maximum Gasteiger partial charge on any atom is 0.191 e. The van der Waals surface area contributed by atoms with E-state index in [1.54, 1.807) is 18.5 Å². The molecule has 90 valence electrons. The Bertz CT molecular complexity index is 496. The average Bonchev–Trinajstić information content (AvgIpc) is 2.76. The summed E-state index contributed by atoms with van der Waals surface area (Å²) in [6.45, 7) is 4.13. The number of aromatic nitrogens is 3. The van der Waals surface area contributed by atoms with E-state index in [0.29, 0.717) is 17.4 Å². The molecule has 0 saturated carbocycles. The fraction of sp³-hybridized carbons (Fsp3) is 0.333. The van der Waals surface area contributed by atoms with E-state index in [1.807, 2.05) is 10.6 Å². The van der Waals surface area contributed by atoms with E-state index in [4.69, 9.17) is 0 Å². The van der Waals surface area contributed by atoms with Gasteiger partial charge in [-0.3, -0.25) is 0 Å². The van der Waals surface area contributed by atoms with Gasteiger partial charge < -0.3 is 4.57 Å². The summed E-state index contributed by atoms with van der Waals surface area (Å²) < 4.78 is 15.4. The number of halogens is 1. The Morgan fingerprint density at radius 2 is 2.12 bits per heavy atom. The fourth-order valence-electron chi connectivity index (χ4n) is 1.45. The number of rotatable bonds is 4. The molecule has 0 radical (unpaired) electrons.